The first-order chi connectivity index (χ1) is 13.6. The van der Waals surface area contributed by atoms with Gasteiger partial charge in [-0.2, -0.15) is 0 Å². The zero-order valence-electron chi connectivity index (χ0n) is 15.6. The van der Waals surface area contributed by atoms with Crippen LogP contribution in [0.25, 0.3) is 0 Å². The Morgan fingerprint density at radius 1 is 0.893 bits per heavy atom. The monoisotopic (exact) mass is 391 g/mol. The number of halogens is 2. The van der Waals surface area contributed by atoms with Crippen LogP contribution in [0.5, 0.6) is 0 Å². The van der Waals surface area contributed by atoms with Gasteiger partial charge in [-0.05, 0) is 72.6 Å². The van der Waals surface area contributed by atoms with Gasteiger partial charge in [0, 0.05) is 11.1 Å². The van der Waals surface area contributed by atoms with E-state index in [-0.39, 0.29) is 11.1 Å². The molecule has 1 saturated carbocycles. The lowest BCUT2D eigenvalue weighted by molar-refractivity contribution is 0.348. The van der Waals surface area contributed by atoms with Crippen LogP contribution in [-0.4, -0.2) is 5.16 Å². The second-order valence-corrected chi connectivity index (χ2v) is 7.27. The molecule has 0 N–H and O–H groups in total. The Morgan fingerprint density at radius 2 is 1.54 bits per heavy atom. The third-order valence-corrected chi connectivity index (χ3v) is 5.16. The van der Waals surface area contributed by atoms with Gasteiger partial charge in [-0.15, -0.1) is 4.99 Å². The first-order valence-corrected chi connectivity index (χ1v) is 9.66. The van der Waals surface area contributed by atoms with E-state index >= 15 is 0 Å². The van der Waals surface area contributed by atoms with Gasteiger partial charge in [0.15, 0.2) is 0 Å². The number of hydrogen-bond donors (Lipinski definition) is 0. The average Bonchev–Trinajstić information content (AvgIpc) is 2.69. The lowest BCUT2D eigenvalue weighted by Gasteiger charge is -2.26. The van der Waals surface area contributed by atoms with E-state index < -0.39 is 11.6 Å². The summed E-state index contributed by atoms with van der Waals surface area (Å²) >= 11 is 4.38. The van der Waals surface area contributed by atoms with Crippen molar-refractivity contribution in [2.75, 3.05) is 0 Å². The summed E-state index contributed by atoms with van der Waals surface area (Å²) in [4.78, 5) is 3.40. The van der Waals surface area contributed by atoms with Crippen molar-refractivity contribution < 1.29 is 8.78 Å². The highest BCUT2D eigenvalue weighted by molar-refractivity contribution is 7.78. The largest absolute Gasteiger partial charge is 0.205 e. The molecule has 0 bridgehead atoms. The summed E-state index contributed by atoms with van der Waals surface area (Å²) in [7, 11) is 0. The molecule has 2 aromatic carbocycles. The van der Waals surface area contributed by atoms with E-state index in [1.165, 1.54) is 31.2 Å². The second-order valence-electron chi connectivity index (χ2n) is 7.08. The van der Waals surface area contributed by atoms with Crippen molar-refractivity contribution in [2.24, 2.45) is 10.9 Å². The first kappa shape index (κ1) is 20.0. The van der Waals surface area contributed by atoms with Gasteiger partial charge in [0.2, 0.25) is 0 Å². The molecule has 0 radical (unpaired) electrons. The van der Waals surface area contributed by atoms with E-state index in [4.69, 9.17) is 0 Å². The first-order valence-electron chi connectivity index (χ1n) is 9.25. The number of aliphatic imine (C=N–C) groups is 1. The van der Waals surface area contributed by atoms with Crippen LogP contribution in [0.15, 0.2) is 41.4 Å². The molecule has 140 valence electrons. The van der Waals surface area contributed by atoms with Gasteiger partial charge < -0.3 is 0 Å². The molecule has 0 heterocycles. The molecule has 2 aromatic rings. The SMILES string of the molecule is CC1CCC(c2ccc(C#Cc3c(F)cc(C#CN=C=S)cc3F)cc2)CC1. The summed E-state index contributed by atoms with van der Waals surface area (Å²) in [6.45, 7) is 2.31. The molecule has 0 aliphatic heterocycles. The fourth-order valence-corrected chi connectivity index (χ4v) is 3.49. The lowest BCUT2D eigenvalue weighted by Crippen LogP contribution is -2.10. The molecular formula is C24H19F2NS. The predicted molar refractivity (Wildman–Crippen MR) is 111 cm³/mol. The fraction of sp³-hybridized carbons (Fsp3) is 0.292. The molecule has 0 saturated heterocycles. The summed E-state index contributed by atoms with van der Waals surface area (Å²) in [6, 6.07) is 12.6. The molecule has 28 heavy (non-hydrogen) atoms. The zero-order chi connectivity index (χ0) is 19.9. The Morgan fingerprint density at radius 3 is 2.14 bits per heavy atom. The van der Waals surface area contributed by atoms with Crippen molar-refractivity contribution in [1.82, 2.24) is 0 Å². The number of isothiocyanates is 1. The van der Waals surface area contributed by atoms with Crippen molar-refractivity contribution in [3.8, 4) is 23.8 Å². The fourth-order valence-electron chi connectivity index (χ4n) is 3.45. The van der Waals surface area contributed by atoms with Crippen LogP contribution < -0.4 is 0 Å². The molecule has 0 unspecified atom stereocenters. The van der Waals surface area contributed by atoms with Crippen molar-refractivity contribution in [3.05, 3.63) is 70.3 Å². The molecule has 1 fully saturated rings. The van der Waals surface area contributed by atoms with Crippen LogP contribution in [0.1, 0.15) is 60.8 Å². The van der Waals surface area contributed by atoms with Crippen LogP contribution >= 0.6 is 12.2 Å². The Hall–Kier alpha value is -2.78. The van der Waals surface area contributed by atoms with E-state index in [0.29, 0.717) is 5.92 Å². The number of benzene rings is 2. The average molecular weight is 391 g/mol. The van der Waals surface area contributed by atoms with E-state index in [9.17, 15) is 8.78 Å². The minimum absolute atomic E-state index is 0.167. The van der Waals surface area contributed by atoms with Crippen LogP contribution in [-0.2, 0) is 0 Å². The molecule has 3 rings (SSSR count). The minimum Gasteiger partial charge on any atom is -0.205 e. The van der Waals surface area contributed by atoms with Gasteiger partial charge in [-0.25, -0.2) is 8.78 Å². The Labute approximate surface area is 169 Å². The smallest absolute Gasteiger partial charge is 0.143 e. The highest BCUT2D eigenvalue weighted by atomic mass is 32.1. The van der Waals surface area contributed by atoms with Crippen LogP contribution in [0.3, 0.4) is 0 Å². The molecule has 1 aliphatic carbocycles. The Balaban J connectivity index is 1.76. The van der Waals surface area contributed by atoms with Crippen molar-refractivity contribution in [2.45, 2.75) is 38.5 Å². The molecular weight excluding hydrogens is 372 g/mol. The number of hydrogen-bond acceptors (Lipinski definition) is 2. The van der Waals surface area contributed by atoms with Gasteiger partial charge in [0.1, 0.15) is 11.6 Å². The van der Waals surface area contributed by atoms with E-state index in [1.54, 1.807) is 0 Å². The zero-order valence-corrected chi connectivity index (χ0v) is 16.4. The summed E-state index contributed by atoms with van der Waals surface area (Å²) in [5.74, 6) is 7.84. The number of rotatable bonds is 1. The minimum atomic E-state index is -0.754. The van der Waals surface area contributed by atoms with Crippen LogP contribution in [0.2, 0.25) is 0 Å². The van der Waals surface area contributed by atoms with Gasteiger partial charge >= 0.3 is 0 Å². The van der Waals surface area contributed by atoms with Gasteiger partial charge in [0.25, 0.3) is 0 Å². The van der Waals surface area contributed by atoms with Gasteiger partial charge in [0.05, 0.1) is 16.8 Å². The topological polar surface area (TPSA) is 12.4 Å². The van der Waals surface area contributed by atoms with Crippen LogP contribution in [0.4, 0.5) is 8.78 Å². The summed E-state index contributed by atoms with van der Waals surface area (Å²) < 4.78 is 28.4. The number of nitrogens with zero attached hydrogens (tertiary/aromatic N) is 1. The molecule has 4 heteroatoms. The normalized spacial score (nSPS) is 18.1. The van der Waals surface area contributed by atoms with Crippen molar-refractivity contribution >= 4 is 17.4 Å². The summed E-state index contributed by atoms with van der Waals surface area (Å²) in [5.41, 5.74) is 1.94. The third-order valence-electron chi connectivity index (χ3n) is 5.07. The molecule has 1 aliphatic rings. The lowest BCUT2D eigenvalue weighted by atomic mass is 9.79. The highest BCUT2D eigenvalue weighted by Crippen LogP contribution is 2.35. The van der Waals surface area contributed by atoms with E-state index in [0.717, 1.165) is 23.6 Å². The molecule has 1 nitrogen and oxygen atoms in total. The second kappa shape index (κ2) is 9.43. The Bertz CT molecular complexity index is 997. The highest BCUT2D eigenvalue weighted by Gasteiger charge is 2.19. The maximum atomic E-state index is 14.2. The van der Waals surface area contributed by atoms with Crippen LogP contribution in [0, 0.1) is 41.4 Å². The van der Waals surface area contributed by atoms with E-state index in [2.05, 4.69) is 65.2 Å². The summed E-state index contributed by atoms with van der Waals surface area (Å²) in [5, 5.41) is 2.07. The van der Waals surface area contributed by atoms with Crippen molar-refractivity contribution in [3.63, 3.8) is 0 Å². The maximum absolute atomic E-state index is 14.2. The molecule has 0 spiro atoms. The number of thiocarbonyl (C=S) groups is 1. The third kappa shape index (κ3) is 5.14. The maximum Gasteiger partial charge on any atom is 0.143 e. The van der Waals surface area contributed by atoms with Gasteiger partial charge in [-0.3, -0.25) is 0 Å². The standard InChI is InChI=1S/C24H19F2NS/c1-17-2-7-20(8-3-17)21-9-4-18(5-10-21)6-11-22-23(25)14-19(15-24(22)26)12-13-27-16-28/h4-5,9-10,14-15,17,20H,2-3,7-8H2,1H3. The quantitative estimate of drug-likeness (QED) is 0.326. The van der Waals surface area contributed by atoms with E-state index in [1.807, 2.05) is 12.1 Å². The predicted octanol–water partition coefficient (Wildman–Crippen LogP) is 6.07. The molecule has 0 atom stereocenters. The molecule has 0 amide bonds. The van der Waals surface area contributed by atoms with Gasteiger partial charge in [-0.1, -0.05) is 43.7 Å². The van der Waals surface area contributed by atoms with Crippen molar-refractivity contribution in [1.29, 1.82) is 0 Å². The molecule has 0 aromatic heterocycles. The Kier molecular flexibility index (Phi) is 6.72. The summed E-state index contributed by atoms with van der Waals surface area (Å²) in [6.07, 6.45) is 4.97.